The van der Waals surface area contributed by atoms with Gasteiger partial charge >= 0.3 is 0 Å². The van der Waals surface area contributed by atoms with E-state index in [-0.39, 0.29) is 0 Å². The zero-order valence-corrected chi connectivity index (χ0v) is 13.9. The second kappa shape index (κ2) is 5.89. The van der Waals surface area contributed by atoms with Gasteiger partial charge in [-0.15, -0.1) is 0 Å². The van der Waals surface area contributed by atoms with E-state index in [9.17, 15) is 0 Å². The number of fused-ring (bicyclic) bond motifs is 1. The molecule has 1 aliphatic carbocycles. The number of nitrogens with zero attached hydrogens (tertiary/aromatic N) is 2. The van der Waals surface area contributed by atoms with Crippen molar-refractivity contribution in [1.82, 2.24) is 9.78 Å². The lowest BCUT2D eigenvalue weighted by atomic mass is 10.1. The van der Waals surface area contributed by atoms with Gasteiger partial charge in [-0.25, -0.2) is 0 Å². The van der Waals surface area contributed by atoms with Crippen molar-refractivity contribution in [2.75, 3.05) is 7.11 Å². The molecule has 0 amide bonds. The summed E-state index contributed by atoms with van der Waals surface area (Å²) in [4.78, 5) is 0. The molecule has 1 aromatic heterocycles. The summed E-state index contributed by atoms with van der Waals surface area (Å²) < 4.78 is 7.48. The lowest BCUT2D eigenvalue weighted by Gasteiger charge is -2.15. The molecular formula is C19H19ClN2O. The van der Waals surface area contributed by atoms with E-state index in [1.807, 2.05) is 24.3 Å². The number of hydrogen-bond acceptors (Lipinski definition) is 2. The third-order valence-electron chi connectivity index (χ3n) is 4.71. The molecule has 1 aliphatic rings. The van der Waals surface area contributed by atoms with Gasteiger partial charge in [-0.2, -0.15) is 5.10 Å². The zero-order chi connectivity index (χ0) is 15.8. The van der Waals surface area contributed by atoms with E-state index in [1.165, 1.54) is 25.7 Å². The van der Waals surface area contributed by atoms with Crippen molar-refractivity contribution in [3.8, 4) is 17.0 Å². The largest absolute Gasteiger partial charge is 0.497 e. The van der Waals surface area contributed by atoms with E-state index in [4.69, 9.17) is 21.4 Å². The first kappa shape index (κ1) is 14.6. The Morgan fingerprint density at radius 1 is 1.09 bits per heavy atom. The van der Waals surface area contributed by atoms with Gasteiger partial charge in [0.2, 0.25) is 0 Å². The van der Waals surface area contributed by atoms with Gasteiger partial charge in [0, 0.05) is 10.9 Å². The normalized spacial score (nSPS) is 15.4. The number of halogens is 1. The molecular weight excluding hydrogens is 308 g/mol. The minimum absolute atomic E-state index is 0.468. The van der Waals surface area contributed by atoms with Gasteiger partial charge < -0.3 is 4.74 Å². The molecule has 0 bridgehead atoms. The van der Waals surface area contributed by atoms with Crippen LogP contribution in [-0.4, -0.2) is 16.9 Å². The van der Waals surface area contributed by atoms with Crippen molar-refractivity contribution >= 4 is 22.5 Å². The Labute approximate surface area is 140 Å². The van der Waals surface area contributed by atoms with Crippen molar-refractivity contribution in [2.24, 2.45) is 0 Å². The highest BCUT2D eigenvalue weighted by molar-refractivity contribution is 6.35. The smallest absolute Gasteiger partial charge is 0.118 e. The maximum atomic E-state index is 6.39. The predicted octanol–water partition coefficient (Wildman–Crippen LogP) is 5.48. The van der Waals surface area contributed by atoms with Crippen LogP contribution in [0.15, 0.2) is 42.5 Å². The molecule has 2 aromatic carbocycles. The van der Waals surface area contributed by atoms with E-state index in [2.05, 4.69) is 22.9 Å². The molecule has 118 valence electrons. The molecule has 0 atom stereocenters. The highest BCUT2D eigenvalue weighted by Crippen LogP contribution is 2.39. The molecule has 1 saturated carbocycles. The lowest BCUT2D eigenvalue weighted by Crippen LogP contribution is -2.08. The highest BCUT2D eigenvalue weighted by atomic mass is 35.5. The average molecular weight is 327 g/mol. The molecule has 0 saturated heterocycles. The van der Waals surface area contributed by atoms with Gasteiger partial charge in [-0.1, -0.05) is 36.6 Å². The van der Waals surface area contributed by atoms with Gasteiger partial charge in [-0.05, 0) is 43.2 Å². The third kappa shape index (κ3) is 2.49. The Bertz CT molecular complexity index is 832. The van der Waals surface area contributed by atoms with Gasteiger partial charge in [-0.3, -0.25) is 4.68 Å². The number of rotatable bonds is 3. The Kier molecular flexibility index (Phi) is 3.74. The molecule has 1 heterocycles. The van der Waals surface area contributed by atoms with E-state index in [0.717, 1.165) is 27.9 Å². The van der Waals surface area contributed by atoms with E-state index < -0.39 is 0 Å². The van der Waals surface area contributed by atoms with Crippen LogP contribution in [-0.2, 0) is 0 Å². The monoisotopic (exact) mass is 326 g/mol. The Hall–Kier alpha value is -2.00. The summed E-state index contributed by atoms with van der Waals surface area (Å²) in [5, 5.41) is 6.70. The van der Waals surface area contributed by atoms with E-state index >= 15 is 0 Å². The third-order valence-corrected chi connectivity index (χ3v) is 5.02. The number of aromatic nitrogens is 2. The molecule has 0 aliphatic heterocycles. The summed E-state index contributed by atoms with van der Waals surface area (Å²) in [6.07, 6.45) is 4.93. The Balaban J connectivity index is 1.94. The number of methoxy groups -OCH3 is 1. The Morgan fingerprint density at radius 3 is 2.52 bits per heavy atom. The molecule has 3 aromatic rings. The standard InChI is InChI=1S/C19H19ClN2O/c1-23-15-11-9-13(10-12-15)19-16-7-4-8-17(20)18(16)21-22(19)14-5-2-3-6-14/h4,7-12,14H,2-3,5-6H2,1H3. The quantitative estimate of drug-likeness (QED) is 0.637. The topological polar surface area (TPSA) is 27.1 Å². The minimum Gasteiger partial charge on any atom is -0.497 e. The van der Waals surface area contributed by atoms with Crippen molar-refractivity contribution in [2.45, 2.75) is 31.7 Å². The van der Waals surface area contributed by atoms with Crippen LogP contribution < -0.4 is 4.74 Å². The summed E-state index contributed by atoms with van der Waals surface area (Å²) in [7, 11) is 1.69. The molecule has 4 rings (SSSR count). The van der Waals surface area contributed by atoms with Crippen LogP contribution in [0.25, 0.3) is 22.2 Å². The molecule has 0 radical (unpaired) electrons. The first-order chi connectivity index (χ1) is 11.3. The number of ether oxygens (including phenoxy) is 1. The first-order valence-corrected chi connectivity index (χ1v) is 8.47. The predicted molar refractivity (Wildman–Crippen MR) is 94.2 cm³/mol. The molecule has 0 unspecified atom stereocenters. The summed E-state index contributed by atoms with van der Waals surface area (Å²) in [5.41, 5.74) is 3.21. The van der Waals surface area contributed by atoms with Crippen molar-refractivity contribution in [3.05, 3.63) is 47.5 Å². The maximum absolute atomic E-state index is 6.39. The van der Waals surface area contributed by atoms with Crippen LogP contribution >= 0.6 is 11.6 Å². The summed E-state index contributed by atoms with van der Waals surface area (Å²) in [5.74, 6) is 0.864. The van der Waals surface area contributed by atoms with Crippen LogP contribution in [0.2, 0.25) is 5.02 Å². The molecule has 4 heteroatoms. The van der Waals surface area contributed by atoms with Crippen LogP contribution in [0.3, 0.4) is 0 Å². The fourth-order valence-electron chi connectivity index (χ4n) is 3.54. The van der Waals surface area contributed by atoms with Crippen LogP contribution in [0.5, 0.6) is 5.75 Å². The molecule has 0 spiro atoms. The maximum Gasteiger partial charge on any atom is 0.118 e. The number of benzene rings is 2. The SMILES string of the molecule is COc1ccc(-c2c3cccc(Cl)c3nn2C2CCCC2)cc1. The molecule has 1 fully saturated rings. The lowest BCUT2D eigenvalue weighted by molar-refractivity contribution is 0.415. The minimum atomic E-state index is 0.468. The summed E-state index contributed by atoms with van der Waals surface area (Å²) in [6, 6.07) is 14.7. The second-order valence-corrected chi connectivity index (χ2v) is 6.50. The van der Waals surface area contributed by atoms with E-state index in [1.54, 1.807) is 7.11 Å². The summed E-state index contributed by atoms with van der Waals surface area (Å²) in [6.45, 7) is 0. The van der Waals surface area contributed by atoms with Gasteiger partial charge in [0.05, 0.1) is 23.9 Å². The van der Waals surface area contributed by atoms with Crippen molar-refractivity contribution < 1.29 is 4.74 Å². The van der Waals surface area contributed by atoms with Gasteiger partial charge in [0.15, 0.2) is 0 Å². The van der Waals surface area contributed by atoms with Crippen LogP contribution in [0.1, 0.15) is 31.7 Å². The summed E-state index contributed by atoms with van der Waals surface area (Å²) >= 11 is 6.39. The highest BCUT2D eigenvalue weighted by Gasteiger charge is 2.24. The first-order valence-electron chi connectivity index (χ1n) is 8.09. The Morgan fingerprint density at radius 2 is 1.83 bits per heavy atom. The molecule has 23 heavy (non-hydrogen) atoms. The molecule has 0 N–H and O–H groups in total. The molecule has 3 nitrogen and oxygen atoms in total. The van der Waals surface area contributed by atoms with Gasteiger partial charge in [0.1, 0.15) is 11.3 Å². The van der Waals surface area contributed by atoms with Crippen molar-refractivity contribution in [1.29, 1.82) is 0 Å². The van der Waals surface area contributed by atoms with Crippen LogP contribution in [0, 0.1) is 0 Å². The van der Waals surface area contributed by atoms with E-state index in [0.29, 0.717) is 11.1 Å². The number of hydrogen-bond donors (Lipinski definition) is 0. The average Bonchev–Trinajstić information content (AvgIpc) is 3.23. The second-order valence-electron chi connectivity index (χ2n) is 6.10. The fraction of sp³-hybridized carbons (Fsp3) is 0.316. The van der Waals surface area contributed by atoms with Crippen molar-refractivity contribution in [3.63, 3.8) is 0 Å². The zero-order valence-electron chi connectivity index (χ0n) is 13.1. The fourth-order valence-corrected chi connectivity index (χ4v) is 3.75. The van der Waals surface area contributed by atoms with Crippen LogP contribution in [0.4, 0.5) is 0 Å². The van der Waals surface area contributed by atoms with Gasteiger partial charge in [0.25, 0.3) is 0 Å².